The summed E-state index contributed by atoms with van der Waals surface area (Å²) in [5, 5.41) is 4.32. The molecule has 18 heavy (non-hydrogen) atoms. The molecule has 0 aliphatic rings. The Hall–Kier alpha value is -1.79. The van der Waals surface area contributed by atoms with E-state index in [9.17, 15) is 0 Å². The lowest BCUT2D eigenvalue weighted by molar-refractivity contribution is 0.516. The lowest BCUT2D eigenvalue weighted by Gasteiger charge is -2.15. The molecule has 1 atom stereocenters. The van der Waals surface area contributed by atoms with Crippen LogP contribution in [0.15, 0.2) is 18.5 Å². The summed E-state index contributed by atoms with van der Waals surface area (Å²) in [7, 11) is 1.93. The van der Waals surface area contributed by atoms with Crippen LogP contribution >= 0.6 is 0 Å². The Bertz CT molecular complexity index is 516. The Morgan fingerprint density at radius 3 is 2.56 bits per heavy atom. The van der Waals surface area contributed by atoms with Crippen molar-refractivity contribution in [1.29, 1.82) is 0 Å². The third-order valence-corrected chi connectivity index (χ3v) is 2.87. The predicted molar refractivity (Wildman–Crippen MR) is 68.5 cm³/mol. The zero-order chi connectivity index (χ0) is 13.1. The fourth-order valence-corrected chi connectivity index (χ4v) is 1.90. The summed E-state index contributed by atoms with van der Waals surface area (Å²) in [4.78, 5) is 8.58. The van der Waals surface area contributed by atoms with Gasteiger partial charge < -0.3 is 0 Å². The van der Waals surface area contributed by atoms with Crippen LogP contribution in [0.2, 0.25) is 0 Å². The highest BCUT2D eigenvalue weighted by atomic mass is 15.3. The Morgan fingerprint density at radius 1 is 1.28 bits per heavy atom. The molecule has 0 fully saturated rings. The Kier molecular flexibility index (Phi) is 3.69. The number of rotatable bonds is 4. The van der Waals surface area contributed by atoms with Gasteiger partial charge in [0.25, 0.3) is 0 Å². The average molecular weight is 246 g/mol. The largest absolute Gasteiger partial charge is 0.272 e. The van der Waals surface area contributed by atoms with E-state index >= 15 is 0 Å². The summed E-state index contributed by atoms with van der Waals surface area (Å²) in [6, 6.07) is 1.99. The molecule has 0 aliphatic carbocycles. The second-order valence-corrected chi connectivity index (χ2v) is 4.41. The van der Waals surface area contributed by atoms with E-state index < -0.39 is 0 Å². The van der Waals surface area contributed by atoms with E-state index in [4.69, 9.17) is 5.84 Å². The molecule has 0 spiro atoms. The smallest absolute Gasteiger partial charge is 0.0773 e. The van der Waals surface area contributed by atoms with Gasteiger partial charge in [-0.25, -0.2) is 0 Å². The highest BCUT2D eigenvalue weighted by Crippen LogP contribution is 2.15. The van der Waals surface area contributed by atoms with Gasteiger partial charge in [-0.1, -0.05) is 0 Å². The van der Waals surface area contributed by atoms with Crippen molar-refractivity contribution >= 4 is 0 Å². The maximum Gasteiger partial charge on any atom is 0.0773 e. The van der Waals surface area contributed by atoms with Gasteiger partial charge >= 0.3 is 0 Å². The molecule has 0 saturated heterocycles. The molecule has 2 heterocycles. The molecular formula is C12H18N6. The highest BCUT2D eigenvalue weighted by molar-refractivity contribution is 5.14. The van der Waals surface area contributed by atoms with Gasteiger partial charge in [0.1, 0.15) is 0 Å². The number of hydrogen-bond donors (Lipinski definition) is 2. The Morgan fingerprint density at radius 2 is 2.06 bits per heavy atom. The third kappa shape index (κ3) is 2.72. The van der Waals surface area contributed by atoms with Crippen LogP contribution in [0.25, 0.3) is 0 Å². The van der Waals surface area contributed by atoms with Gasteiger partial charge in [0.05, 0.1) is 29.3 Å². The van der Waals surface area contributed by atoms with Crippen molar-refractivity contribution < 1.29 is 0 Å². The number of aryl methyl sites for hydroxylation is 3. The summed E-state index contributed by atoms with van der Waals surface area (Å²) < 4.78 is 1.86. The zero-order valence-corrected chi connectivity index (χ0v) is 10.9. The first-order valence-electron chi connectivity index (χ1n) is 5.84. The van der Waals surface area contributed by atoms with E-state index in [1.54, 1.807) is 12.4 Å². The third-order valence-electron chi connectivity index (χ3n) is 2.87. The maximum atomic E-state index is 5.60. The van der Waals surface area contributed by atoms with Crippen LogP contribution in [0, 0.1) is 13.8 Å². The zero-order valence-electron chi connectivity index (χ0n) is 10.9. The molecule has 0 aliphatic heterocycles. The summed E-state index contributed by atoms with van der Waals surface area (Å²) in [6.07, 6.45) is 4.23. The van der Waals surface area contributed by atoms with Crippen molar-refractivity contribution in [2.24, 2.45) is 12.9 Å². The van der Waals surface area contributed by atoms with Crippen molar-refractivity contribution in [2.45, 2.75) is 26.3 Å². The van der Waals surface area contributed by atoms with E-state index in [-0.39, 0.29) is 6.04 Å². The summed E-state index contributed by atoms with van der Waals surface area (Å²) in [5.74, 6) is 5.60. The van der Waals surface area contributed by atoms with Crippen LogP contribution in [0.3, 0.4) is 0 Å². The Labute approximate surface area is 106 Å². The van der Waals surface area contributed by atoms with Crippen molar-refractivity contribution in [3.63, 3.8) is 0 Å². The van der Waals surface area contributed by atoms with Gasteiger partial charge in [0.15, 0.2) is 0 Å². The molecule has 2 rings (SSSR count). The standard InChI is InChI=1S/C12H18N6/c1-8-4-10(18(3)17-8)5-11(16-13)12-7-14-9(2)6-15-12/h4,6-7,11,16H,5,13H2,1-3H3. The molecule has 0 radical (unpaired) electrons. The number of hydrogen-bond acceptors (Lipinski definition) is 5. The van der Waals surface area contributed by atoms with Crippen molar-refractivity contribution in [3.05, 3.63) is 41.2 Å². The van der Waals surface area contributed by atoms with Crippen molar-refractivity contribution in [2.75, 3.05) is 0 Å². The molecule has 2 aromatic rings. The predicted octanol–water partition coefficient (Wildman–Crippen LogP) is 0.574. The lowest BCUT2D eigenvalue weighted by Crippen LogP contribution is -2.31. The van der Waals surface area contributed by atoms with Crippen LogP contribution in [-0.4, -0.2) is 19.7 Å². The Balaban J connectivity index is 2.19. The van der Waals surface area contributed by atoms with Crippen molar-refractivity contribution in [3.8, 4) is 0 Å². The second-order valence-electron chi connectivity index (χ2n) is 4.41. The van der Waals surface area contributed by atoms with E-state index in [0.29, 0.717) is 0 Å². The topological polar surface area (TPSA) is 81.7 Å². The van der Waals surface area contributed by atoms with Gasteiger partial charge in [-0.2, -0.15) is 5.10 Å². The fourth-order valence-electron chi connectivity index (χ4n) is 1.90. The molecule has 3 N–H and O–H groups in total. The SMILES string of the molecule is Cc1cnc(C(Cc2cc(C)nn2C)NN)cn1. The average Bonchev–Trinajstić information content (AvgIpc) is 2.66. The van der Waals surface area contributed by atoms with E-state index in [2.05, 4.69) is 20.5 Å². The molecule has 6 nitrogen and oxygen atoms in total. The maximum absolute atomic E-state index is 5.60. The van der Waals surface area contributed by atoms with Gasteiger partial charge in [-0.05, 0) is 19.9 Å². The fraction of sp³-hybridized carbons (Fsp3) is 0.417. The summed E-state index contributed by atoms with van der Waals surface area (Å²) in [5.41, 5.74) is 6.62. The van der Waals surface area contributed by atoms with E-state index in [1.807, 2.05) is 31.6 Å². The highest BCUT2D eigenvalue weighted by Gasteiger charge is 2.15. The molecular weight excluding hydrogens is 228 g/mol. The molecule has 2 aromatic heterocycles. The molecule has 96 valence electrons. The minimum Gasteiger partial charge on any atom is -0.272 e. The summed E-state index contributed by atoms with van der Waals surface area (Å²) in [6.45, 7) is 3.88. The van der Waals surface area contributed by atoms with Crippen LogP contribution in [0.5, 0.6) is 0 Å². The quantitative estimate of drug-likeness (QED) is 0.609. The van der Waals surface area contributed by atoms with Gasteiger partial charge in [0.2, 0.25) is 0 Å². The monoisotopic (exact) mass is 246 g/mol. The molecule has 0 aromatic carbocycles. The van der Waals surface area contributed by atoms with E-state index in [1.165, 1.54) is 0 Å². The first kappa shape index (κ1) is 12.7. The molecule has 0 amide bonds. The van der Waals surface area contributed by atoms with Gasteiger partial charge in [-0.15, -0.1) is 0 Å². The van der Waals surface area contributed by atoms with Crippen LogP contribution < -0.4 is 11.3 Å². The van der Waals surface area contributed by atoms with E-state index in [0.717, 1.165) is 29.2 Å². The minimum atomic E-state index is -0.0621. The molecule has 0 saturated carbocycles. The molecule has 6 heteroatoms. The summed E-state index contributed by atoms with van der Waals surface area (Å²) >= 11 is 0. The van der Waals surface area contributed by atoms with Gasteiger partial charge in [-0.3, -0.25) is 25.9 Å². The van der Waals surface area contributed by atoms with Crippen LogP contribution in [0.1, 0.15) is 28.8 Å². The number of aromatic nitrogens is 4. The first-order chi connectivity index (χ1) is 8.60. The number of hydrazine groups is 1. The number of nitrogens with one attached hydrogen (secondary N) is 1. The molecule has 1 unspecified atom stereocenters. The number of nitrogens with zero attached hydrogens (tertiary/aromatic N) is 4. The first-order valence-corrected chi connectivity index (χ1v) is 5.84. The molecule has 0 bridgehead atoms. The van der Waals surface area contributed by atoms with Crippen LogP contribution in [0.4, 0.5) is 0 Å². The number of nitrogens with two attached hydrogens (primary N) is 1. The lowest BCUT2D eigenvalue weighted by atomic mass is 10.1. The normalized spacial score (nSPS) is 12.7. The minimum absolute atomic E-state index is 0.0621. The van der Waals surface area contributed by atoms with Crippen molar-refractivity contribution in [1.82, 2.24) is 25.2 Å². The second kappa shape index (κ2) is 5.24. The van der Waals surface area contributed by atoms with Gasteiger partial charge in [0, 0.05) is 25.4 Å². The van der Waals surface area contributed by atoms with Crippen LogP contribution in [-0.2, 0) is 13.5 Å².